The second kappa shape index (κ2) is 10.8. The van der Waals surface area contributed by atoms with E-state index in [9.17, 15) is 9.59 Å². The van der Waals surface area contributed by atoms with Crippen molar-refractivity contribution in [3.05, 3.63) is 93.2 Å². The van der Waals surface area contributed by atoms with E-state index in [1.807, 2.05) is 54.3 Å². The van der Waals surface area contributed by atoms with Gasteiger partial charge in [-0.2, -0.15) is 0 Å². The molecular formula is C27H30N2O3S. The van der Waals surface area contributed by atoms with Crippen LogP contribution >= 0.6 is 11.3 Å². The maximum absolute atomic E-state index is 13.7. The van der Waals surface area contributed by atoms with Crippen LogP contribution < -0.4 is 0 Å². The van der Waals surface area contributed by atoms with Gasteiger partial charge < -0.3 is 14.5 Å². The van der Waals surface area contributed by atoms with Gasteiger partial charge in [0, 0.05) is 37.2 Å². The van der Waals surface area contributed by atoms with E-state index in [1.165, 1.54) is 10.4 Å². The van der Waals surface area contributed by atoms with Crippen LogP contribution in [-0.2, 0) is 16.0 Å². The Bertz CT molecular complexity index is 1080. The summed E-state index contributed by atoms with van der Waals surface area (Å²) in [7, 11) is 1.65. The van der Waals surface area contributed by atoms with Gasteiger partial charge in [0.25, 0.3) is 5.91 Å². The van der Waals surface area contributed by atoms with Crippen molar-refractivity contribution in [3.63, 3.8) is 0 Å². The average Bonchev–Trinajstić information content (AvgIpc) is 3.32. The molecule has 0 bridgehead atoms. The molecule has 0 saturated carbocycles. The molecule has 3 aromatic rings. The zero-order valence-electron chi connectivity index (χ0n) is 19.2. The molecule has 5 nitrogen and oxygen atoms in total. The highest BCUT2D eigenvalue weighted by molar-refractivity contribution is 7.10. The van der Waals surface area contributed by atoms with Crippen LogP contribution in [0.5, 0.6) is 0 Å². The highest BCUT2D eigenvalue weighted by atomic mass is 32.1. The largest absolute Gasteiger partial charge is 0.385 e. The van der Waals surface area contributed by atoms with Crippen LogP contribution in [0.25, 0.3) is 0 Å². The SMILES string of the molecule is COCCCN(CC(=O)N1CCc2sccc2C1c1ccccc1)C(=O)c1ccc(C)cc1. The van der Waals surface area contributed by atoms with E-state index < -0.39 is 0 Å². The summed E-state index contributed by atoms with van der Waals surface area (Å²) in [5.41, 5.74) is 3.99. The number of benzene rings is 2. The van der Waals surface area contributed by atoms with E-state index in [1.54, 1.807) is 23.3 Å². The molecule has 2 amide bonds. The Kier molecular flexibility index (Phi) is 7.57. The standard InChI is InChI=1S/C27H30N2O3S/c1-20-9-11-22(12-10-20)27(31)28(15-6-17-32-2)19-25(30)29-16-13-24-23(14-18-33-24)26(29)21-7-4-3-5-8-21/h3-5,7-12,14,18,26H,6,13,15-17,19H2,1-2H3. The molecule has 1 unspecified atom stereocenters. The fourth-order valence-electron chi connectivity index (χ4n) is 4.36. The van der Waals surface area contributed by atoms with Crippen molar-refractivity contribution in [1.29, 1.82) is 0 Å². The van der Waals surface area contributed by atoms with Gasteiger partial charge in [-0.1, -0.05) is 48.0 Å². The number of fused-ring (bicyclic) bond motifs is 1. The summed E-state index contributed by atoms with van der Waals surface area (Å²) in [6.07, 6.45) is 1.52. The molecule has 0 fully saturated rings. The third-order valence-electron chi connectivity index (χ3n) is 6.09. The first-order chi connectivity index (χ1) is 16.1. The van der Waals surface area contributed by atoms with E-state index in [-0.39, 0.29) is 24.4 Å². The van der Waals surface area contributed by atoms with E-state index in [4.69, 9.17) is 4.74 Å². The van der Waals surface area contributed by atoms with Crippen molar-refractivity contribution in [3.8, 4) is 0 Å². The molecule has 0 radical (unpaired) electrons. The van der Waals surface area contributed by atoms with Gasteiger partial charge >= 0.3 is 0 Å². The summed E-state index contributed by atoms with van der Waals surface area (Å²) in [6, 6.07) is 19.7. The molecule has 0 N–H and O–H groups in total. The first-order valence-electron chi connectivity index (χ1n) is 11.3. The maximum Gasteiger partial charge on any atom is 0.254 e. The molecule has 1 atom stereocenters. The predicted octanol–water partition coefficient (Wildman–Crippen LogP) is 4.71. The normalized spacial score (nSPS) is 15.2. The summed E-state index contributed by atoms with van der Waals surface area (Å²) in [4.78, 5) is 31.9. The van der Waals surface area contributed by atoms with Crippen molar-refractivity contribution in [2.45, 2.75) is 25.8 Å². The number of amides is 2. The van der Waals surface area contributed by atoms with Crippen LogP contribution in [0.15, 0.2) is 66.0 Å². The number of ether oxygens (including phenoxy) is 1. The van der Waals surface area contributed by atoms with Crippen LogP contribution in [0.1, 0.15) is 44.4 Å². The van der Waals surface area contributed by atoms with E-state index in [0.717, 1.165) is 17.5 Å². The average molecular weight is 463 g/mol. The van der Waals surface area contributed by atoms with Crippen molar-refractivity contribution in [1.82, 2.24) is 9.80 Å². The van der Waals surface area contributed by atoms with Crippen LogP contribution in [0.3, 0.4) is 0 Å². The smallest absolute Gasteiger partial charge is 0.254 e. The summed E-state index contributed by atoms with van der Waals surface area (Å²) in [6.45, 7) is 3.71. The quantitative estimate of drug-likeness (QED) is 0.456. The van der Waals surface area contributed by atoms with E-state index >= 15 is 0 Å². The minimum absolute atomic E-state index is 0.0291. The van der Waals surface area contributed by atoms with Crippen LogP contribution in [-0.4, -0.2) is 55.0 Å². The van der Waals surface area contributed by atoms with Gasteiger partial charge in [0.2, 0.25) is 5.91 Å². The Morgan fingerprint density at radius 2 is 1.85 bits per heavy atom. The molecule has 1 aromatic heterocycles. The zero-order chi connectivity index (χ0) is 23.2. The molecule has 0 spiro atoms. The molecule has 1 aliphatic rings. The fraction of sp³-hybridized carbons (Fsp3) is 0.333. The number of hydrogen-bond donors (Lipinski definition) is 0. The maximum atomic E-state index is 13.7. The molecule has 6 heteroatoms. The van der Waals surface area contributed by atoms with Crippen LogP contribution in [0.4, 0.5) is 0 Å². The Morgan fingerprint density at radius 1 is 1.09 bits per heavy atom. The summed E-state index contributed by atoms with van der Waals surface area (Å²) >= 11 is 1.75. The van der Waals surface area contributed by atoms with Gasteiger partial charge in [-0.05, 0) is 54.5 Å². The number of carbonyl (C=O) groups excluding carboxylic acids is 2. The zero-order valence-corrected chi connectivity index (χ0v) is 20.0. The lowest BCUT2D eigenvalue weighted by Crippen LogP contribution is -2.47. The molecular weight excluding hydrogens is 432 g/mol. The molecule has 0 saturated heterocycles. The van der Waals surface area contributed by atoms with Crippen molar-refractivity contribution in [2.24, 2.45) is 0 Å². The second-order valence-corrected chi connectivity index (χ2v) is 9.39. The number of nitrogens with zero attached hydrogens (tertiary/aromatic N) is 2. The third kappa shape index (κ3) is 5.34. The minimum atomic E-state index is -0.121. The highest BCUT2D eigenvalue weighted by Gasteiger charge is 2.34. The molecule has 2 aromatic carbocycles. The van der Waals surface area contributed by atoms with Crippen molar-refractivity contribution >= 4 is 23.2 Å². The summed E-state index contributed by atoms with van der Waals surface area (Å²) in [5.74, 6) is -0.150. The molecule has 33 heavy (non-hydrogen) atoms. The number of rotatable bonds is 8. The molecule has 4 rings (SSSR count). The second-order valence-electron chi connectivity index (χ2n) is 8.39. The fourth-order valence-corrected chi connectivity index (χ4v) is 5.27. The first kappa shape index (κ1) is 23.2. The number of thiophene rings is 1. The number of carbonyl (C=O) groups is 2. The number of aryl methyl sites for hydroxylation is 1. The third-order valence-corrected chi connectivity index (χ3v) is 7.09. The molecule has 0 aliphatic carbocycles. The lowest BCUT2D eigenvalue weighted by Gasteiger charge is -2.37. The van der Waals surface area contributed by atoms with Crippen molar-refractivity contribution < 1.29 is 14.3 Å². The lowest BCUT2D eigenvalue weighted by molar-refractivity contribution is -0.134. The predicted molar refractivity (Wildman–Crippen MR) is 132 cm³/mol. The van der Waals surface area contributed by atoms with Crippen LogP contribution in [0, 0.1) is 6.92 Å². The van der Waals surface area contributed by atoms with Gasteiger partial charge in [-0.3, -0.25) is 9.59 Å². The van der Waals surface area contributed by atoms with Gasteiger partial charge in [0.15, 0.2) is 0 Å². The molecule has 2 heterocycles. The first-order valence-corrected chi connectivity index (χ1v) is 12.2. The Labute approximate surface area is 199 Å². The van der Waals surface area contributed by atoms with Gasteiger partial charge in [-0.15, -0.1) is 11.3 Å². The van der Waals surface area contributed by atoms with Gasteiger partial charge in [0.05, 0.1) is 6.04 Å². The highest BCUT2D eigenvalue weighted by Crippen LogP contribution is 2.37. The summed E-state index contributed by atoms with van der Waals surface area (Å²) < 4.78 is 5.19. The summed E-state index contributed by atoms with van der Waals surface area (Å²) in [5, 5.41) is 2.10. The van der Waals surface area contributed by atoms with Gasteiger partial charge in [0.1, 0.15) is 6.54 Å². The Hall–Kier alpha value is -2.96. The van der Waals surface area contributed by atoms with E-state index in [2.05, 4.69) is 23.6 Å². The van der Waals surface area contributed by atoms with Crippen molar-refractivity contribution in [2.75, 3.05) is 33.4 Å². The Morgan fingerprint density at radius 3 is 2.58 bits per heavy atom. The number of methoxy groups -OCH3 is 1. The van der Waals surface area contributed by atoms with E-state index in [0.29, 0.717) is 31.7 Å². The van der Waals surface area contributed by atoms with Crippen LogP contribution in [0.2, 0.25) is 0 Å². The Balaban J connectivity index is 1.58. The lowest BCUT2D eigenvalue weighted by atomic mass is 9.93. The topological polar surface area (TPSA) is 49.9 Å². The number of hydrogen-bond acceptors (Lipinski definition) is 4. The monoisotopic (exact) mass is 462 g/mol. The minimum Gasteiger partial charge on any atom is -0.385 e. The van der Waals surface area contributed by atoms with Gasteiger partial charge in [-0.25, -0.2) is 0 Å². The molecule has 172 valence electrons. The molecule has 1 aliphatic heterocycles.